The number of rotatable bonds is 3. The molecule has 0 spiro atoms. The Hall–Kier alpha value is -2.42. The number of hydrogen-bond donors (Lipinski definition) is 1. The van der Waals surface area contributed by atoms with Crippen LogP contribution in [0.4, 0.5) is 5.69 Å². The molecular formula is C12H13N3O3. The first-order valence-electron chi connectivity index (χ1n) is 5.26. The topological polar surface area (TPSA) is 96.0 Å². The highest BCUT2D eigenvalue weighted by Gasteiger charge is 2.26. The summed E-state index contributed by atoms with van der Waals surface area (Å²) in [4.78, 5) is 22.3. The lowest BCUT2D eigenvalue weighted by Gasteiger charge is -2.17. The van der Waals surface area contributed by atoms with E-state index in [1.807, 2.05) is 6.07 Å². The van der Waals surface area contributed by atoms with Crippen molar-refractivity contribution in [2.24, 2.45) is 0 Å². The fourth-order valence-electron chi connectivity index (χ4n) is 1.46. The number of benzene rings is 1. The van der Waals surface area contributed by atoms with Crippen LogP contribution in [0.3, 0.4) is 0 Å². The number of nitro groups is 1. The average Bonchev–Trinajstić information content (AvgIpc) is 2.27. The standard InChI is InChI=1S/C12H13N3O3/c1-8-5-4-6-9(10(8)15(17)18)11(16)14-12(2,3)7-13/h4-6H,1-3H3,(H,14,16). The van der Waals surface area contributed by atoms with Gasteiger partial charge in [-0.1, -0.05) is 12.1 Å². The van der Waals surface area contributed by atoms with Crippen molar-refractivity contribution in [2.45, 2.75) is 26.3 Å². The van der Waals surface area contributed by atoms with Crippen LogP contribution in [0.1, 0.15) is 29.8 Å². The number of nitro benzene ring substituents is 1. The molecule has 6 heteroatoms. The first-order valence-corrected chi connectivity index (χ1v) is 5.26. The van der Waals surface area contributed by atoms with Gasteiger partial charge < -0.3 is 5.32 Å². The molecule has 0 radical (unpaired) electrons. The van der Waals surface area contributed by atoms with Crippen LogP contribution < -0.4 is 5.32 Å². The smallest absolute Gasteiger partial charge is 0.285 e. The molecule has 0 aromatic heterocycles. The molecule has 18 heavy (non-hydrogen) atoms. The summed E-state index contributed by atoms with van der Waals surface area (Å²) in [6, 6.07) is 6.40. The third-order valence-electron chi connectivity index (χ3n) is 2.37. The van der Waals surface area contributed by atoms with Gasteiger partial charge in [0.2, 0.25) is 0 Å². The minimum atomic E-state index is -1.07. The fourth-order valence-corrected chi connectivity index (χ4v) is 1.46. The van der Waals surface area contributed by atoms with Crippen molar-refractivity contribution in [3.05, 3.63) is 39.4 Å². The highest BCUT2D eigenvalue weighted by Crippen LogP contribution is 2.23. The third kappa shape index (κ3) is 2.83. The van der Waals surface area contributed by atoms with Gasteiger partial charge in [0.1, 0.15) is 11.1 Å². The van der Waals surface area contributed by atoms with Gasteiger partial charge in [-0.05, 0) is 26.8 Å². The quantitative estimate of drug-likeness (QED) is 0.652. The molecule has 0 atom stereocenters. The molecule has 0 heterocycles. The van der Waals surface area contributed by atoms with Crippen molar-refractivity contribution < 1.29 is 9.72 Å². The van der Waals surface area contributed by atoms with E-state index in [0.717, 1.165) is 0 Å². The second-order valence-electron chi connectivity index (χ2n) is 4.42. The van der Waals surface area contributed by atoms with E-state index in [2.05, 4.69) is 5.32 Å². The molecule has 0 fully saturated rings. The van der Waals surface area contributed by atoms with Crippen LogP contribution in [0, 0.1) is 28.4 Å². The summed E-state index contributed by atoms with van der Waals surface area (Å²) in [6.45, 7) is 4.60. The molecule has 6 nitrogen and oxygen atoms in total. The predicted octanol–water partition coefficient (Wildman–Crippen LogP) is 1.94. The van der Waals surface area contributed by atoms with Gasteiger partial charge in [0.25, 0.3) is 11.6 Å². The largest absolute Gasteiger partial charge is 0.334 e. The van der Waals surface area contributed by atoms with Crippen LogP contribution in [0.25, 0.3) is 0 Å². The van der Waals surface area contributed by atoms with Crippen molar-refractivity contribution >= 4 is 11.6 Å². The Morgan fingerprint density at radius 2 is 2.11 bits per heavy atom. The maximum Gasteiger partial charge on any atom is 0.285 e. The number of aryl methyl sites for hydroxylation is 1. The molecule has 0 saturated carbocycles. The summed E-state index contributed by atoms with van der Waals surface area (Å²) >= 11 is 0. The Labute approximate surface area is 104 Å². The maximum absolute atomic E-state index is 11.9. The van der Waals surface area contributed by atoms with Crippen molar-refractivity contribution in [3.8, 4) is 6.07 Å². The molecule has 94 valence electrons. The number of nitrogens with zero attached hydrogens (tertiary/aromatic N) is 2. The summed E-state index contributed by atoms with van der Waals surface area (Å²) in [7, 11) is 0. The molecule has 1 rings (SSSR count). The molecule has 0 aliphatic carbocycles. The number of nitriles is 1. The molecule has 0 saturated heterocycles. The van der Waals surface area contributed by atoms with Crippen LogP contribution >= 0.6 is 0 Å². The number of hydrogen-bond acceptors (Lipinski definition) is 4. The lowest BCUT2D eigenvalue weighted by molar-refractivity contribution is -0.385. The van der Waals surface area contributed by atoms with Crippen molar-refractivity contribution in [1.29, 1.82) is 5.26 Å². The van der Waals surface area contributed by atoms with Crippen LogP contribution in [-0.2, 0) is 0 Å². The second-order valence-corrected chi connectivity index (χ2v) is 4.42. The molecular weight excluding hydrogens is 234 g/mol. The number of para-hydroxylation sites is 1. The molecule has 1 aromatic carbocycles. The zero-order valence-electron chi connectivity index (χ0n) is 10.4. The summed E-state index contributed by atoms with van der Waals surface area (Å²) in [6.07, 6.45) is 0. The van der Waals surface area contributed by atoms with Gasteiger partial charge in [0, 0.05) is 5.56 Å². The van der Waals surface area contributed by atoms with Gasteiger partial charge in [-0.2, -0.15) is 5.26 Å². The molecule has 0 unspecified atom stereocenters. The van der Waals surface area contributed by atoms with E-state index in [1.165, 1.54) is 19.9 Å². The van der Waals surface area contributed by atoms with Crippen LogP contribution in [-0.4, -0.2) is 16.4 Å². The summed E-state index contributed by atoms with van der Waals surface area (Å²) < 4.78 is 0. The molecule has 1 N–H and O–H groups in total. The van der Waals surface area contributed by atoms with E-state index in [9.17, 15) is 14.9 Å². The molecule has 0 bridgehead atoms. The molecule has 1 amide bonds. The van der Waals surface area contributed by atoms with E-state index in [4.69, 9.17) is 5.26 Å². The van der Waals surface area contributed by atoms with Crippen LogP contribution in [0.2, 0.25) is 0 Å². The molecule has 0 aliphatic heterocycles. The fraction of sp³-hybridized carbons (Fsp3) is 0.333. The number of carbonyl (C=O) groups excluding carboxylic acids is 1. The van der Waals surface area contributed by atoms with Gasteiger partial charge in [-0.3, -0.25) is 14.9 Å². The highest BCUT2D eigenvalue weighted by atomic mass is 16.6. The number of nitrogens with one attached hydrogen (secondary N) is 1. The zero-order valence-corrected chi connectivity index (χ0v) is 10.4. The third-order valence-corrected chi connectivity index (χ3v) is 2.37. The van der Waals surface area contributed by atoms with Gasteiger partial charge in [0.05, 0.1) is 11.0 Å². The minimum Gasteiger partial charge on any atom is -0.334 e. The monoisotopic (exact) mass is 247 g/mol. The Kier molecular flexibility index (Phi) is 3.67. The van der Waals surface area contributed by atoms with E-state index in [0.29, 0.717) is 5.56 Å². The van der Waals surface area contributed by atoms with E-state index in [1.54, 1.807) is 19.1 Å². The first kappa shape index (κ1) is 13.6. The lowest BCUT2D eigenvalue weighted by atomic mass is 10.0. The number of carbonyl (C=O) groups is 1. The minimum absolute atomic E-state index is 0.0386. The van der Waals surface area contributed by atoms with Gasteiger partial charge in [-0.25, -0.2) is 0 Å². The van der Waals surface area contributed by atoms with E-state index >= 15 is 0 Å². The maximum atomic E-state index is 11.9. The van der Waals surface area contributed by atoms with Crippen molar-refractivity contribution in [3.63, 3.8) is 0 Å². The van der Waals surface area contributed by atoms with E-state index in [-0.39, 0.29) is 11.3 Å². The van der Waals surface area contributed by atoms with Crippen molar-refractivity contribution in [2.75, 3.05) is 0 Å². The SMILES string of the molecule is Cc1cccc(C(=O)NC(C)(C)C#N)c1[N+](=O)[O-]. The average molecular weight is 247 g/mol. The highest BCUT2D eigenvalue weighted by molar-refractivity contribution is 5.99. The lowest BCUT2D eigenvalue weighted by Crippen LogP contribution is -2.42. The summed E-state index contributed by atoms with van der Waals surface area (Å²) in [5.74, 6) is -0.628. The van der Waals surface area contributed by atoms with Gasteiger partial charge in [0.15, 0.2) is 0 Å². The van der Waals surface area contributed by atoms with Crippen molar-refractivity contribution in [1.82, 2.24) is 5.32 Å². The van der Waals surface area contributed by atoms with Crippen LogP contribution in [0.15, 0.2) is 18.2 Å². The zero-order chi connectivity index (χ0) is 13.9. The first-order chi connectivity index (χ1) is 8.28. The second kappa shape index (κ2) is 4.84. The Balaban J connectivity index is 3.19. The number of amides is 1. The van der Waals surface area contributed by atoms with Gasteiger partial charge in [-0.15, -0.1) is 0 Å². The molecule has 0 aliphatic rings. The van der Waals surface area contributed by atoms with Gasteiger partial charge >= 0.3 is 0 Å². The Morgan fingerprint density at radius 3 is 2.61 bits per heavy atom. The Bertz CT molecular complexity index is 544. The normalized spacial score (nSPS) is 10.6. The van der Waals surface area contributed by atoms with Crippen LogP contribution in [0.5, 0.6) is 0 Å². The predicted molar refractivity (Wildman–Crippen MR) is 65.0 cm³/mol. The summed E-state index contributed by atoms with van der Waals surface area (Å²) in [5, 5.41) is 22.2. The Morgan fingerprint density at radius 1 is 1.50 bits per heavy atom. The summed E-state index contributed by atoms with van der Waals surface area (Å²) in [5.41, 5.74) is -0.941. The molecule has 1 aromatic rings. The van der Waals surface area contributed by atoms with E-state index < -0.39 is 16.4 Å².